The van der Waals surface area contributed by atoms with E-state index in [0.717, 1.165) is 13.0 Å². The highest BCUT2D eigenvalue weighted by Crippen LogP contribution is 1.94. The number of hydrogen-bond acceptors (Lipinski definition) is 1. The first-order valence-corrected chi connectivity index (χ1v) is 3.50. The summed E-state index contributed by atoms with van der Waals surface area (Å²) >= 11 is 0. The zero-order valence-electron chi connectivity index (χ0n) is 6.52. The van der Waals surface area contributed by atoms with E-state index in [-0.39, 0.29) is 0 Å². The van der Waals surface area contributed by atoms with Crippen molar-refractivity contribution in [2.75, 3.05) is 6.54 Å². The third kappa shape index (κ3) is 3.95. The maximum Gasteiger partial charge on any atom is 0.0361 e. The van der Waals surface area contributed by atoms with Crippen LogP contribution >= 0.6 is 0 Å². The molecule has 0 spiro atoms. The van der Waals surface area contributed by atoms with Gasteiger partial charge in [-0.05, 0) is 25.8 Å². The third-order valence-corrected chi connectivity index (χ3v) is 1.22. The number of allylic oxidation sites excluding steroid dienone is 2. The molecule has 0 atom stereocenters. The number of nitrogens with zero attached hydrogens (tertiary/aromatic N) is 1. The first-order valence-electron chi connectivity index (χ1n) is 3.50. The second kappa shape index (κ2) is 5.54. The normalized spacial score (nSPS) is 13.0. The van der Waals surface area contributed by atoms with Crippen LogP contribution in [0.2, 0.25) is 0 Å². The Labute approximate surface area is 57.5 Å². The second-order valence-corrected chi connectivity index (χ2v) is 1.85. The summed E-state index contributed by atoms with van der Waals surface area (Å²) in [5.74, 6) is 0. The highest BCUT2D eigenvalue weighted by atomic mass is 14.7. The fraction of sp³-hybridized carbons (Fsp3) is 0.625. The van der Waals surface area contributed by atoms with Gasteiger partial charge in [0.15, 0.2) is 0 Å². The Balaban J connectivity index is 3.70. The van der Waals surface area contributed by atoms with Crippen molar-refractivity contribution in [3.05, 3.63) is 11.6 Å². The molecule has 0 aromatic rings. The van der Waals surface area contributed by atoms with Gasteiger partial charge in [0.25, 0.3) is 0 Å². The molecule has 0 radical (unpaired) electrons. The van der Waals surface area contributed by atoms with Crippen LogP contribution in [0.1, 0.15) is 27.2 Å². The summed E-state index contributed by atoms with van der Waals surface area (Å²) in [6.07, 6.45) is 5.12. The van der Waals surface area contributed by atoms with Crippen molar-refractivity contribution in [3.63, 3.8) is 0 Å². The zero-order chi connectivity index (χ0) is 7.11. The van der Waals surface area contributed by atoms with Crippen molar-refractivity contribution in [1.82, 2.24) is 0 Å². The lowest BCUT2D eigenvalue weighted by Crippen LogP contribution is -1.81. The third-order valence-electron chi connectivity index (χ3n) is 1.22. The van der Waals surface area contributed by atoms with E-state index in [2.05, 4.69) is 18.0 Å². The van der Waals surface area contributed by atoms with Crippen LogP contribution in [-0.2, 0) is 0 Å². The van der Waals surface area contributed by atoms with Crippen molar-refractivity contribution in [2.45, 2.75) is 27.2 Å². The second-order valence-electron chi connectivity index (χ2n) is 1.85. The fourth-order valence-electron chi connectivity index (χ4n) is 0.578. The minimum Gasteiger partial charge on any atom is -0.293 e. The molecule has 0 unspecified atom stereocenters. The molecule has 52 valence electrons. The molecule has 0 amide bonds. The predicted molar refractivity (Wildman–Crippen MR) is 43.1 cm³/mol. The highest BCUT2D eigenvalue weighted by molar-refractivity contribution is 5.78. The number of aliphatic imine (C=N–C) groups is 1. The first kappa shape index (κ1) is 8.41. The Hall–Kier alpha value is -0.590. The van der Waals surface area contributed by atoms with Gasteiger partial charge < -0.3 is 0 Å². The molecule has 0 saturated carbocycles. The van der Waals surface area contributed by atoms with Crippen LogP contribution in [0.4, 0.5) is 0 Å². The van der Waals surface area contributed by atoms with Crippen molar-refractivity contribution >= 4 is 6.21 Å². The maximum atomic E-state index is 4.12. The molecule has 0 heterocycles. The summed E-state index contributed by atoms with van der Waals surface area (Å²) in [6, 6.07) is 0. The van der Waals surface area contributed by atoms with E-state index in [1.165, 1.54) is 5.57 Å². The maximum absolute atomic E-state index is 4.12. The lowest BCUT2D eigenvalue weighted by molar-refractivity contribution is 1.12. The van der Waals surface area contributed by atoms with E-state index < -0.39 is 0 Å². The van der Waals surface area contributed by atoms with Crippen molar-refractivity contribution in [3.8, 4) is 0 Å². The summed E-state index contributed by atoms with van der Waals surface area (Å²) in [6.45, 7) is 7.11. The van der Waals surface area contributed by atoms with Gasteiger partial charge in [0, 0.05) is 12.8 Å². The molecule has 9 heavy (non-hydrogen) atoms. The minimum atomic E-state index is 0.886. The fourth-order valence-corrected chi connectivity index (χ4v) is 0.578. The summed E-state index contributed by atoms with van der Waals surface area (Å²) < 4.78 is 0. The van der Waals surface area contributed by atoms with Gasteiger partial charge in [-0.25, -0.2) is 0 Å². The van der Waals surface area contributed by atoms with Crippen LogP contribution in [0.25, 0.3) is 0 Å². The standard InChI is InChI=1S/C8H15N/c1-4-8(5-2)7-9-6-3/h4,7H,5-6H2,1-3H3/b8-4-,9-7?. The summed E-state index contributed by atoms with van der Waals surface area (Å²) in [4.78, 5) is 4.12. The van der Waals surface area contributed by atoms with Crippen LogP contribution in [-0.4, -0.2) is 12.8 Å². The quantitative estimate of drug-likeness (QED) is 0.514. The molecule has 1 nitrogen and oxygen atoms in total. The van der Waals surface area contributed by atoms with Crippen LogP contribution < -0.4 is 0 Å². The number of rotatable bonds is 3. The van der Waals surface area contributed by atoms with Gasteiger partial charge in [-0.15, -0.1) is 0 Å². The molecule has 0 aliphatic carbocycles. The van der Waals surface area contributed by atoms with Gasteiger partial charge in [-0.1, -0.05) is 13.0 Å². The highest BCUT2D eigenvalue weighted by Gasteiger charge is 1.82. The van der Waals surface area contributed by atoms with Crippen LogP contribution in [0, 0.1) is 0 Å². The Kier molecular flexibility index (Phi) is 5.18. The van der Waals surface area contributed by atoms with E-state index in [9.17, 15) is 0 Å². The molecule has 0 aliphatic rings. The molecule has 0 aromatic heterocycles. The molecule has 0 saturated heterocycles. The Morgan fingerprint density at radius 3 is 2.44 bits per heavy atom. The van der Waals surface area contributed by atoms with E-state index >= 15 is 0 Å². The summed E-state index contributed by atoms with van der Waals surface area (Å²) in [5, 5.41) is 0. The number of hydrogen-bond donors (Lipinski definition) is 0. The lowest BCUT2D eigenvalue weighted by Gasteiger charge is -1.90. The molecule has 0 aliphatic heterocycles. The molecular formula is C8H15N. The summed E-state index contributed by atoms with van der Waals surface area (Å²) in [7, 11) is 0. The molecule has 0 rings (SSSR count). The minimum absolute atomic E-state index is 0.886. The predicted octanol–water partition coefficient (Wildman–Crippen LogP) is 2.43. The summed E-state index contributed by atoms with van der Waals surface area (Å²) in [5.41, 5.74) is 1.32. The molecule has 0 aromatic carbocycles. The van der Waals surface area contributed by atoms with Crippen molar-refractivity contribution < 1.29 is 0 Å². The first-order chi connectivity index (χ1) is 4.35. The molecular weight excluding hydrogens is 110 g/mol. The van der Waals surface area contributed by atoms with Crippen LogP contribution in [0.15, 0.2) is 16.6 Å². The topological polar surface area (TPSA) is 12.4 Å². The Bertz CT molecular complexity index is 112. The molecule has 1 heteroatoms. The zero-order valence-corrected chi connectivity index (χ0v) is 6.52. The van der Waals surface area contributed by atoms with Gasteiger partial charge in [0.1, 0.15) is 0 Å². The van der Waals surface area contributed by atoms with Gasteiger partial charge in [0.2, 0.25) is 0 Å². The van der Waals surface area contributed by atoms with Crippen molar-refractivity contribution in [2.24, 2.45) is 4.99 Å². The molecule has 0 fully saturated rings. The van der Waals surface area contributed by atoms with Gasteiger partial charge in [-0.3, -0.25) is 4.99 Å². The molecule has 0 N–H and O–H groups in total. The van der Waals surface area contributed by atoms with E-state index in [1.807, 2.05) is 20.1 Å². The average Bonchev–Trinajstić information content (AvgIpc) is 1.91. The van der Waals surface area contributed by atoms with Gasteiger partial charge in [-0.2, -0.15) is 0 Å². The Morgan fingerprint density at radius 1 is 1.44 bits per heavy atom. The SMILES string of the molecule is C/C=C(\C=NCC)CC. The van der Waals surface area contributed by atoms with Crippen LogP contribution in [0.5, 0.6) is 0 Å². The van der Waals surface area contributed by atoms with Gasteiger partial charge >= 0.3 is 0 Å². The van der Waals surface area contributed by atoms with Gasteiger partial charge in [0.05, 0.1) is 0 Å². The average molecular weight is 125 g/mol. The molecule has 0 bridgehead atoms. The van der Waals surface area contributed by atoms with E-state index in [0.29, 0.717) is 0 Å². The van der Waals surface area contributed by atoms with Crippen molar-refractivity contribution in [1.29, 1.82) is 0 Å². The smallest absolute Gasteiger partial charge is 0.0361 e. The van der Waals surface area contributed by atoms with E-state index in [1.54, 1.807) is 0 Å². The lowest BCUT2D eigenvalue weighted by atomic mass is 10.2. The largest absolute Gasteiger partial charge is 0.293 e. The van der Waals surface area contributed by atoms with Crippen LogP contribution in [0.3, 0.4) is 0 Å². The monoisotopic (exact) mass is 125 g/mol. The Morgan fingerprint density at radius 2 is 2.11 bits per heavy atom. The van der Waals surface area contributed by atoms with E-state index in [4.69, 9.17) is 0 Å².